The summed E-state index contributed by atoms with van der Waals surface area (Å²) in [5.41, 5.74) is 8.23. The maximum Gasteiger partial charge on any atom is 0.275 e. The fraction of sp³-hybridized carbons (Fsp3) is 0.192. The first kappa shape index (κ1) is 24.4. The SMILES string of the molecule is CCOc1cc(-c2cnn(C)c2-c2c(F)c(C)c3ncc(Cl)cc3c2C#N)cc2c(CN)n[nH]c(=O)c12. The summed E-state index contributed by atoms with van der Waals surface area (Å²) in [7, 11) is 1.66. The number of nitrogens with one attached hydrogen (secondary N) is 1. The predicted molar refractivity (Wildman–Crippen MR) is 139 cm³/mol. The Labute approximate surface area is 215 Å². The number of hydrogen-bond acceptors (Lipinski definition) is 7. The molecule has 3 heterocycles. The highest BCUT2D eigenvalue weighted by atomic mass is 35.5. The molecule has 0 aliphatic carbocycles. The quantitative estimate of drug-likeness (QED) is 0.353. The van der Waals surface area contributed by atoms with Crippen molar-refractivity contribution >= 4 is 33.3 Å². The van der Waals surface area contributed by atoms with Crippen LogP contribution in [-0.2, 0) is 13.6 Å². The number of aryl methyl sites for hydroxylation is 2. The maximum atomic E-state index is 16.0. The molecule has 0 saturated carbocycles. The molecule has 5 rings (SSSR count). The Bertz CT molecular complexity index is 1820. The molecule has 0 aliphatic heterocycles. The topological polar surface area (TPSA) is 136 Å². The lowest BCUT2D eigenvalue weighted by atomic mass is 9.92. The van der Waals surface area contributed by atoms with E-state index in [1.165, 1.54) is 10.9 Å². The van der Waals surface area contributed by atoms with Gasteiger partial charge in [0.1, 0.15) is 17.6 Å². The van der Waals surface area contributed by atoms with Gasteiger partial charge < -0.3 is 10.5 Å². The molecule has 3 aromatic heterocycles. The van der Waals surface area contributed by atoms with Crippen molar-refractivity contribution in [1.29, 1.82) is 5.26 Å². The number of fused-ring (bicyclic) bond motifs is 2. The van der Waals surface area contributed by atoms with Crippen LogP contribution in [0.5, 0.6) is 5.75 Å². The third-order valence-corrected chi connectivity index (χ3v) is 6.51. The first-order chi connectivity index (χ1) is 17.8. The zero-order valence-corrected chi connectivity index (χ0v) is 20.9. The molecule has 2 aromatic carbocycles. The molecule has 9 nitrogen and oxygen atoms in total. The van der Waals surface area contributed by atoms with E-state index < -0.39 is 11.4 Å². The van der Waals surface area contributed by atoms with Crippen LogP contribution in [0.2, 0.25) is 5.02 Å². The van der Waals surface area contributed by atoms with Crippen molar-refractivity contribution in [2.45, 2.75) is 20.4 Å². The van der Waals surface area contributed by atoms with Gasteiger partial charge in [-0.3, -0.25) is 14.5 Å². The van der Waals surface area contributed by atoms with Crippen LogP contribution in [0.4, 0.5) is 4.39 Å². The summed E-state index contributed by atoms with van der Waals surface area (Å²) in [5.74, 6) is -0.259. The van der Waals surface area contributed by atoms with Crippen molar-refractivity contribution in [3.05, 3.63) is 68.6 Å². The highest BCUT2D eigenvalue weighted by Gasteiger charge is 2.26. The molecule has 186 valence electrons. The Balaban J connectivity index is 1.89. The second-order valence-corrected chi connectivity index (χ2v) is 8.85. The van der Waals surface area contributed by atoms with Crippen molar-refractivity contribution in [3.8, 4) is 34.2 Å². The normalized spacial score (nSPS) is 11.3. The lowest BCUT2D eigenvalue weighted by Gasteiger charge is -2.16. The average Bonchev–Trinajstić information content (AvgIpc) is 3.26. The Morgan fingerprint density at radius 2 is 2.05 bits per heavy atom. The molecule has 0 amide bonds. The molecule has 11 heteroatoms. The number of H-pyrrole nitrogens is 1. The largest absolute Gasteiger partial charge is 0.493 e. The van der Waals surface area contributed by atoms with Gasteiger partial charge in [-0.25, -0.2) is 9.49 Å². The van der Waals surface area contributed by atoms with Crippen molar-refractivity contribution in [1.82, 2.24) is 25.0 Å². The van der Waals surface area contributed by atoms with Crippen LogP contribution in [-0.4, -0.2) is 31.6 Å². The number of aromatic amines is 1. The smallest absolute Gasteiger partial charge is 0.275 e. The van der Waals surface area contributed by atoms with Gasteiger partial charge in [0.15, 0.2) is 0 Å². The molecule has 0 radical (unpaired) electrons. The fourth-order valence-electron chi connectivity index (χ4n) is 4.64. The minimum absolute atomic E-state index is 0.0764. The lowest BCUT2D eigenvalue weighted by Crippen LogP contribution is -2.14. The molecule has 0 aliphatic rings. The molecule has 0 spiro atoms. The second-order valence-electron chi connectivity index (χ2n) is 8.41. The van der Waals surface area contributed by atoms with Gasteiger partial charge >= 0.3 is 0 Å². The molecule has 0 bridgehead atoms. The van der Waals surface area contributed by atoms with Crippen molar-refractivity contribution in [3.63, 3.8) is 0 Å². The summed E-state index contributed by atoms with van der Waals surface area (Å²) >= 11 is 6.18. The van der Waals surface area contributed by atoms with Crippen LogP contribution in [0.15, 0.2) is 35.4 Å². The monoisotopic (exact) mass is 517 g/mol. The predicted octanol–water partition coefficient (Wildman–Crippen LogP) is 4.37. The molecule has 0 fully saturated rings. The number of ether oxygens (including phenoxy) is 1. The number of halogens is 2. The van der Waals surface area contributed by atoms with Crippen LogP contribution in [0.1, 0.15) is 23.7 Å². The van der Waals surface area contributed by atoms with E-state index in [1.54, 1.807) is 45.3 Å². The third-order valence-electron chi connectivity index (χ3n) is 6.30. The molecule has 0 atom stereocenters. The molecule has 3 N–H and O–H groups in total. The van der Waals surface area contributed by atoms with E-state index >= 15 is 4.39 Å². The van der Waals surface area contributed by atoms with Crippen LogP contribution >= 0.6 is 11.6 Å². The summed E-state index contributed by atoms with van der Waals surface area (Å²) in [5, 5.41) is 22.6. The van der Waals surface area contributed by atoms with Crippen LogP contribution in [0.3, 0.4) is 0 Å². The highest BCUT2D eigenvalue weighted by Crippen LogP contribution is 2.41. The minimum atomic E-state index is -0.588. The average molecular weight is 518 g/mol. The van der Waals surface area contributed by atoms with Crippen LogP contribution in [0.25, 0.3) is 44.1 Å². The Hall–Kier alpha value is -4.33. The summed E-state index contributed by atoms with van der Waals surface area (Å²) in [6.07, 6.45) is 2.99. The van der Waals surface area contributed by atoms with Crippen LogP contribution < -0.4 is 16.0 Å². The molecule has 0 unspecified atom stereocenters. The second kappa shape index (κ2) is 9.28. The first-order valence-corrected chi connectivity index (χ1v) is 11.8. The first-order valence-electron chi connectivity index (χ1n) is 11.4. The number of hydrogen-bond donors (Lipinski definition) is 2. The third kappa shape index (κ3) is 3.80. The van der Waals surface area contributed by atoms with Gasteiger partial charge in [-0.2, -0.15) is 15.5 Å². The Morgan fingerprint density at radius 1 is 1.27 bits per heavy atom. The summed E-state index contributed by atoms with van der Waals surface area (Å²) in [6, 6.07) is 7.18. The number of aromatic nitrogens is 5. The zero-order valence-electron chi connectivity index (χ0n) is 20.2. The van der Waals surface area contributed by atoms with E-state index in [-0.39, 0.29) is 23.2 Å². The summed E-state index contributed by atoms with van der Waals surface area (Å²) < 4.78 is 23.3. The number of nitrogens with zero attached hydrogens (tertiary/aromatic N) is 5. The van der Waals surface area contributed by atoms with Crippen molar-refractivity contribution < 1.29 is 9.13 Å². The van der Waals surface area contributed by atoms with E-state index in [0.29, 0.717) is 61.6 Å². The number of pyridine rings is 1. The van der Waals surface area contributed by atoms with Gasteiger partial charge in [-0.1, -0.05) is 11.6 Å². The van der Waals surface area contributed by atoms with Crippen molar-refractivity contribution in [2.24, 2.45) is 12.8 Å². The minimum Gasteiger partial charge on any atom is -0.493 e. The van der Waals surface area contributed by atoms with Crippen LogP contribution in [0, 0.1) is 24.1 Å². The summed E-state index contributed by atoms with van der Waals surface area (Å²) in [6.45, 7) is 3.79. The standard InChI is InChI=1S/C26H21ClFN7O2/c1-4-37-20-6-13(5-16-19(9-30)33-34-26(36)21(16)20)18-11-32-35(3)25(18)22-17(8-29)15-7-14(27)10-31-24(15)12(2)23(22)28/h5-7,10-11H,4,9,30H2,1-3H3,(H,34,36). The van der Waals surface area contributed by atoms with Gasteiger partial charge in [0, 0.05) is 41.7 Å². The van der Waals surface area contributed by atoms with E-state index in [1.807, 2.05) is 0 Å². The zero-order chi connectivity index (χ0) is 26.4. The van der Waals surface area contributed by atoms with E-state index in [4.69, 9.17) is 22.1 Å². The maximum absolute atomic E-state index is 16.0. The highest BCUT2D eigenvalue weighted by molar-refractivity contribution is 6.31. The molecular weight excluding hydrogens is 497 g/mol. The molecule has 0 saturated heterocycles. The summed E-state index contributed by atoms with van der Waals surface area (Å²) in [4.78, 5) is 16.9. The van der Waals surface area contributed by atoms with Gasteiger partial charge in [0.25, 0.3) is 5.56 Å². The number of benzene rings is 2. The lowest BCUT2D eigenvalue weighted by molar-refractivity contribution is 0.344. The molecular formula is C26H21ClFN7O2. The van der Waals surface area contributed by atoms with E-state index in [9.17, 15) is 10.1 Å². The van der Waals surface area contributed by atoms with Gasteiger partial charge in [0.05, 0.1) is 51.2 Å². The van der Waals surface area contributed by atoms with E-state index in [0.717, 1.165) is 0 Å². The number of nitrogens with two attached hydrogens (primary N) is 1. The van der Waals surface area contributed by atoms with Gasteiger partial charge in [0.2, 0.25) is 0 Å². The fourth-order valence-corrected chi connectivity index (χ4v) is 4.80. The molecule has 37 heavy (non-hydrogen) atoms. The van der Waals surface area contributed by atoms with Gasteiger partial charge in [-0.15, -0.1) is 0 Å². The van der Waals surface area contributed by atoms with Gasteiger partial charge in [-0.05, 0) is 37.6 Å². The Kier molecular flexibility index (Phi) is 6.11. The number of rotatable bonds is 5. The number of nitriles is 1. The Morgan fingerprint density at radius 3 is 2.76 bits per heavy atom. The van der Waals surface area contributed by atoms with Crippen molar-refractivity contribution in [2.75, 3.05) is 6.61 Å². The molecule has 5 aromatic rings. The van der Waals surface area contributed by atoms with E-state index in [2.05, 4.69) is 26.3 Å².